The van der Waals surface area contributed by atoms with Gasteiger partial charge in [0, 0.05) is 12.8 Å². The summed E-state index contributed by atoms with van der Waals surface area (Å²) in [7, 11) is 0. The molecule has 0 spiro atoms. The maximum atomic E-state index is 11.1. The van der Waals surface area contributed by atoms with Crippen molar-refractivity contribution < 1.29 is 14.6 Å². The van der Waals surface area contributed by atoms with Crippen molar-refractivity contribution in [1.29, 1.82) is 0 Å². The van der Waals surface area contributed by atoms with Crippen molar-refractivity contribution >= 4 is 5.78 Å². The van der Waals surface area contributed by atoms with Crippen LogP contribution in [0.5, 0.6) is 0 Å². The molecule has 1 aliphatic carbocycles. The molecule has 3 nitrogen and oxygen atoms in total. The molecule has 0 radical (unpaired) electrons. The maximum Gasteiger partial charge on any atom is 0.133 e. The fourth-order valence-electron chi connectivity index (χ4n) is 2.07. The highest BCUT2D eigenvalue weighted by atomic mass is 16.5. The Labute approximate surface area is 83.8 Å². The summed E-state index contributed by atoms with van der Waals surface area (Å²) in [5.41, 5.74) is -0.853. The second kappa shape index (κ2) is 3.73. The molecule has 1 aliphatic heterocycles. The second-order valence-corrected chi connectivity index (χ2v) is 4.13. The number of hydrogen-bond acceptors (Lipinski definition) is 3. The van der Waals surface area contributed by atoms with Crippen LogP contribution in [-0.2, 0) is 9.53 Å². The van der Waals surface area contributed by atoms with E-state index >= 15 is 0 Å². The molecule has 2 rings (SSSR count). The summed E-state index contributed by atoms with van der Waals surface area (Å²) in [5, 5.41) is 10.3. The van der Waals surface area contributed by atoms with Gasteiger partial charge in [0.15, 0.2) is 0 Å². The van der Waals surface area contributed by atoms with Gasteiger partial charge in [-0.05, 0) is 31.8 Å². The van der Waals surface area contributed by atoms with E-state index in [-0.39, 0.29) is 5.78 Å². The molecular formula is C11H16O3. The van der Waals surface area contributed by atoms with Crippen molar-refractivity contribution in [3.8, 4) is 0 Å². The lowest BCUT2D eigenvalue weighted by Gasteiger charge is -2.34. The van der Waals surface area contributed by atoms with Crippen LogP contribution in [-0.4, -0.2) is 23.1 Å². The fraction of sp³-hybridized carbons (Fsp3) is 0.727. The van der Waals surface area contributed by atoms with Gasteiger partial charge in [0.05, 0.1) is 6.61 Å². The maximum absolute atomic E-state index is 11.1. The van der Waals surface area contributed by atoms with Crippen molar-refractivity contribution in [3.63, 3.8) is 0 Å². The summed E-state index contributed by atoms with van der Waals surface area (Å²) < 4.78 is 5.46. The van der Waals surface area contributed by atoms with Crippen molar-refractivity contribution in [1.82, 2.24) is 0 Å². The molecular weight excluding hydrogens is 180 g/mol. The van der Waals surface area contributed by atoms with Gasteiger partial charge >= 0.3 is 0 Å². The standard InChI is InChI=1S/C11H16O3/c12-9-4-6-11(13,7-5-9)10-3-1-2-8-14-10/h3,13H,1-2,4-8H2. The molecule has 78 valence electrons. The fourth-order valence-corrected chi connectivity index (χ4v) is 2.07. The first kappa shape index (κ1) is 9.71. The molecule has 0 saturated heterocycles. The van der Waals surface area contributed by atoms with Crippen LogP contribution in [0.25, 0.3) is 0 Å². The number of carbonyl (C=O) groups is 1. The Balaban J connectivity index is 2.07. The van der Waals surface area contributed by atoms with Gasteiger partial charge in [-0.3, -0.25) is 4.79 Å². The monoisotopic (exact) mass is 196 g/mol. The molecule has 0 atom stereocenters. The molecule has 1 N–H and O–H groups in total. The smallest absolute Gasteiger partial charge is 0.133 e. The molecule has 14 heavy (non-hydrogen) atoms. The van der Waals surface area contributed by atoms with Crippen molar-refractivity contribution in [3.05, 3.63) is 11.8 Å². The van der Waals surface area contributed by atoms with E-state index in [1.165, 1.54) is 0 Å². The number of allylic oxidation sites excluding steroid dienone is 1. The van der Waals surface area contributed by atoms with Gasteiger partial charge in [0.25, 0.3) is 0 Å². The molecule has 0 bridgehead atoms. The second-order valence-electron chi connectivity index (χ2n) is 4.13. The quantitative estimate of drug-likeness (QED) is 0.692. The van der Waals surface area contributed by atoms with Gasteiger partial charge in [0.2, 0.25) is 0 Å². The van der Waals surface area contributed by atoms with Crippen LogP contribution in [0.15, 0.2) is 11.8 Å². The zero-order valence-electron chi connectivity index (χ0n) is 8.29. The number of hydrogen-bond donors (Lipinski definition) is 1. The third kappa shape index (κ3) is 1.82. The number of rotatable bonds is 1. The third-order valence-electron chi connectivity index (χ3n) is 3.03. The normalized spacial score (nSPS) is 26.6. The topological polar surface area (TPSA) is 46.5 Å². The summed E-state index contributed by atoms with van der Waals surface area (Å²) in [5.74, 6) is 0.960. The van der Waals surface area contributed by atoms with Crippen molar-refractivity contribution in [2.75, 3.05) is 6.61 Å². The van der Waals surface area contributed by atoms with Gasteiger partial charge < -0.3 is 9.84 Å². The lowest BCUT2D eigenvalue weighted by atomic mass is 9.82. The molecule has 0 aromatic rings. The Hall–Kier alpha value is -0.830. The summed E-state index contributed by atoms with van der Waals surface area (Å²) in [6.07, 6.45) is 5.99. The first-order valence-corrected chi connectivity index (χ1v) is 5.28. The van der Waals surface area contributed by atoms with Crippen molar-refractivity contribution in [2.45, 2.75) is 44.1 Å². The summed E-state index contributed by atoms with van der Waals surface area (Å²) >= 11 is 0. The summed E-state index contributed by atoms with van der Waals surface area (Å²) in [4.78, 5) is 11.1. The Morgan fingerprint density at radius 2 is 2.07 bits per heavy atom. The summed E-state index contributed by atoms with van der Waals surface area (Å²) in [6, 6.07) is 0. The lowest BCUT2D eigenvalue weighted by Crippen LogP contribution is -2.38. The molecule has 0 aromatic heterocycles. The van der Waals surface area contributed by atoms with E-state index in [1.54, 1.807) is 0 Å². The highest BCUT2D eigenvalue weighted by Gasteiger charge is 2.37. The van der Waals surface area contributed by atoms with E-state index in [2.05, 4.69) is 0 Å². The first-order valence-electron chi connectivity index (χ1n) is 5.28. The Morgan fingerprint density at radius 3 is 2.64 bits per heavy atom. The number of Topliss-reactive ketones (excluding diaryl/α,β-unsaturated/α-hetero) is 1. The molecule has 1 saturated carbocycles. The summed E-state index contributed by atoms with van der Waals surface area (Å²) in [6.45, 7) is 0.697. The van der Waals surface area contributed by atoms with E-state index < -0.39 is 5.60 Å². The Kier molecular flexibility index (Phi) is 2.59. The van der Waals surface area contributed by atoms with Crippen LogP contribution in [0.1, 0.15) is 38.5 Å². The van der Waals surface area contributed by atoms with Gasteiger partial charge in [-0.2, -0.15) is 0 Å². The largest absolute Gasteiger partial charge is 0.495 e. The van der Waals surface area contributed by atoms with E-state index in [0.29, 0.717) is 38.0 Å². The SMILES string of the molecule is O=C1CCC(O)(C2=CCCCO2)CC1. The van der Waals surface area contributed by atoms with Gasteiger partial charge in [-0.1, -0.05) is 0 Å². The average Bonchev–Trinajstić information content (AvgIpc) is 2.24. The molecule has 1 heterocycles. The zero-order chi connectivity index (χ0) is 10.0. The van der Waals surface area contributed by atoms with E-state index in [1.807, 2.05) is 6.08 Å². The van der Waals surface area contributed by atoms with Crippen LogP contribution in [0.2, 0.25) is 0 Å². The van der Waals surface area contributed by atoms with Gasteiger partial charge in [-0.25, -0.2) is 0 Å². The van der Waals surface area contributed by atoms with E-state index in [9.17, 15) is 9.90 Å². The average molecular weight is 196 g/mol. The van der Waals surface area contributed by atoms with Gasteiger partial charge in [0.1, 0.15) is 17.1 Å². The highest BCUT2D eigenvalue weighted by Crippen LogP contribution is 2.34. The molecule has 0 amide bonds. The minimum absolute atomic E-state index is 0.256. The first-order chi connectivity index (χ1) is 6.71. The molecule has 2 aliphatic rings. The predicted octanol–water partition coefficient (Wildman–Crippen LogP) is 1.55. The third-order valence-corrected chi connectivity index (χ3v) is 3.03. The van der Waals surface area contributed by atoms with E-state index in [0.717, 1.165) is 12.8 Å². The zero-order valence-corrected chi connectivity index (χ0v) is 8.29. The highest BCUT2D eigenvalue weighted by molar-refractivity contribution is 5.79. The predicted molar refractivity (Wildman–Crippen MR) is 51.7 cm³/mol. The number of aliphatic hydroxyl groups is 1. The number of ether oxygens (including phenoxy) is 1. The molecule has 0 unspecified atom stereocenters. The Bertz CT molecular complexity index is 258. The minimum atomic E-state index is -0.853. The van der Waals surface area contributed by atoms with Crippen LogP contribution in [0, 0.1) is 0 Å². The minimum Gasteiger partial charge on any atom is -0.495 e. The van der Waals surface area contributed by atoms with E-state index in [4.69, 9.17) is 4.74 Å². The van der Waals surface area contributed by atoms with Crippen molar-refractivity contribution in [2.24, 2.45) is 0 Å². The molecule has 1 fully saturated rings. The Morgan fingerprint density at radius 1 is 1.36 bits per heavy atom. The van der Waals surface area contributed by atoms with Crippen LogP contribution in [0.3, 0.4) is 0 Å². The molecule has 0 aromatic carbocycles. The number of ketones is 1. The number of carbonyl (C=O) groups excluding carboxylic acids is 1. The van der Waals surface area contributed by atoms with Crippen LogP contribution < -0.4 is 0 Å². The lowest BCUT2D eigenvalue weighted by molar-refractivity contribution is -0.125. The van der Waals surface area contributed by atoms with Crippen LogP contribution >= 0.6 is 0 Å². The van der Waals surface area contributed by atoms with Crippen LogP contribution in [0.4, 0.5) is 0 Å². The van der Waals surface area contributed by atoms with Gasteiger partial charge in [-0.15, -0.1) is 0 Å². The molecule has 3 heteroatoms.